The Hall–Kier alpha value is -2.34. The molecule has 0 saturated heterocycles. The summed E-state index contributed by atoms with van der Waals surface area (Å²) in [6, 6.07) is 10.9. The summed E-state index contributed by atoms with van der Waals surface area (Å²) in [7, 11) is 0. The number of carbonyl (C=O) groups excluding carboxylic acids is 2. The van der Waals surface area contributed by atoms with E-state index in [-0.39, 0.29) is 24.8 Å². The minimum Gasteiger partial charge on any atom is -0.481 e. The number of imide groups is 1. The van der Waals surface area contributed by atoms with Crippen molar-refractivity contribution in [3.8, 4) is 0 Å². The van der Waals surface area contributed by atoms with Gasteiger partial charge in [0.15, 0.2) is 0 Å². The van der Waals surface area contributed by atoms with E-state index in [1.165, 1.54) is 16.7 Å². The van der Waals surface area contributed by atoms with Crippen LogP contribution in [-0.4, -0.2) is 45.8 Å². The van der Waals surface area contributed by atoms with Gasteiger partial charge in [-0.1, -0.05) is 24.3 Å². The van der Waals surface area contributed by atoms with Gasteiger partial charge in [-0.2, -0.15) is 11.8 Å². The lowest BCUT2D eigenvalue weighted by molar-refractivity contribution is -0.136. The van der Waals surface area contributed by atoms with Gasteiger partial charge in [-0.25, -0.2) is 0 Å². The van der Waals surface area contributed by atoms with Gasteiger partial charge >= 0.3 is 5.97 Å². The Morgan fingerprint density at radius 1 is 1.00 bits per heavy atom. The van der Waals surface area contributed by atoms with E-state index in [1.54, 1.807) is 12.1 Å². The molecule has 0 atom stereocenters. The molecule has 2 amide bonds. The molecule has 23 heavy (non-hydrogen) atoms. The quantitative estimate of drug-likeness (QED) is 0.651. The maximum Gasteiger partial charge on any atom is 0.304 e. The van der Waals surface area contributed by atoms with E-state index in [4.69, 9.17) is 5.11 Å². The fourth-order valence-corrected chi connectivity index (χ4v) is 3.54. The van der Waals surface area contributed by atoms with Gasteiger partial charge in [0.05, 0.1) is 6.42 Å². The van der Waals surface area contributed by atoms with E-state index < -0.39 is 5.97 Å². The van der Waals surface area contributed by atoms with Gasteiger partial charge in [0.2, 0.25) is 0 Å². The number of amides is 2. The summed E-state index contributed by atoms with van der Waals surface area (Å²) in [6.45, 7) is 0.284. The topological polar surface area (TPSA) is 74.7 Å². The van der Waals surface area contributed by atoms with Crippen LogP contribution in [0.2, 0.25) is 0 Å². The third kappa shape index (κ3) is 2.94. The van der Waals surface area contributed by atoms with Gasteiger partial charge in [-0.3, -0.25) is 19.3 Å². The first-order chi connectivity index (χ1) is 11.1. The highest BCUT2D eigenvalue weighted by Gasteiger charge is 2.32. The molecular weight excluding hydrogens is 314 g/mol. The largest absolute Gasteiger partial charge is 0.481 e. The van der Waals surface area contributed by atoms with Gasteiger partial charge in [-0.15, -0.1) is 0 Å². The number of aliphatic carboxylic acids is 1. The number of hydrogen-bond donors (Lipinski definition) is 1. The van der Waals surface area contributed by atoms with E-state index in [0.29, 0.717) is 22.6 Å². The molecule has 1 aliphatic heterocycles. The van der Waals surface area contributed by atoms with Crippen LogP contribution in [0.4, 0.5) is 0 Å². The molecule has 1 heterocycles. The minimum atomic E-state index is -0.844. The van der Waals surface area contributed by atoms with Crippen molar-refractivity contribution in [2.24, 2.45) is 0 Å². The summed E-state index contributed by atoms with van der Waals surface area (Å²) in [5, 5.41) is 10.2. The fourth-order valence-electron chi connectivity index (χ4n) is 2.70. The highest BCUT2D eigenvalue weighted by atomic mass is 32.2. The van der Waals surface area contributed by atoms with Crippen molar-refractivity contribution >= 4 is 40.3 Å². The van der Waals surface area contributed by atoms with Crippen LogP contribution in [0.15, 0.2) is 36.4 Å². The summed E-state index contributed by atoms with van der Waals surface area (Å²) < 4.78 is 0. The molecule has 0 saturated carbocycles. The molecule has 0 spiro atoms. The van der Waals surface area contributed by atoms with Crippen LogP contribution in [0.3, 0.4) is 0 Å². The second-order valence-electron chi connectivity index (χ2n) is 5.23. The Balaban J connectivity index is 1.79. The second-order valence-corrected chi connectivity index (χ2v) is 6.45. The van der Waals surface area contributed by atoms with Gasteiger partial charge in [-0.05, 0) is 17.5 Å². The molecule has 2 aromatic rings. The standard InChI is InChI=1S/C17H15NO4S/c19-14(20)7-9-23-10-8-18-16(21)12-5-1-3-11-4-2-6-13(15(11)12)17(18)22/h1-6H,7-10H2,(H,19,20). The van der Waals surface area contributed by atoms with Crippen molar-refractivity contribution in [1.29, 1.82) is 0 Å². The Labute approximate surface area is 137 Å². The first-order valence-electron chi connectivity index (χ1n) is 7.27. The maximum absolute atomic E-state index is 12.6. The van der Waals surface area contributed by atoms with Crippen molar-refractivity contribution in [2.75, 3.05) is 18.1 Å². The second kappa shape index (κ2) is 6.42. The van der Waals surface area contributed by atoms with E-state index in [2.05, 4.69) is 0 Å². The molecule has 3 rings (SSSR count). The van der Waals surface area contributed by atoms with E-state index >= 15 is 0 Å². The molecule has 118 valence electrons. The van der Waals surface area contributed by atoms with Gasteiger partial charge in [0.1, 0.15) is 0 Å². The zero-order chi connectivity index (χ0) is 16.4. The number of hydrogen-bond acceptors (Lipinski definition) is 4. The molecule has 2 aromatic carbocycles. The lowest BCUT2D eigenvalue weighted by Crippen LogP contribution is -2.41. The van der Waals surface area contributed by atoms with E-state index in [1.807, 2.05) is 24.3 Å². The maximum atomic E-state index is 12.6. The van der Waals surface area contributed by atoms with Crippen molar-refractivity contribution in [3.63, 3.8) is 0 Å². The molecule has 0 aliphatic carbocycles. The molecule has 5 nitrogen and oxygen atoms in total. The normalized spacial score (nSPS) is 13.7. The molecule has 1 N–H and O–H groups in total. The molecule has 0 unspecified atom stereocenters. The average molecular weight is 329 g/mol. The highest BCUT2D eigenvalue weighted by Crippen LogP contribution is 2.29. The Morgan fingerprint density at radius 3 is 2.17 bits per heavy atom. The van der Waals surface area contributed by atoms with Gasteiger partial charge in [0, 0.05) is 34.6 Å². The fraction of sp³-hybridized carbons (Fsp3) is 0.235. The van der Waals surface area contributed by atoms with Crippen molar-refractivity contribution in [2.45, 2.75) is 6.42 Å². The Morgan fingerprint density at radius 2 is 1.61 bits per heavy atom. The number of benzene rings is 2. The van der Waals surface area contributed by atoms with Crippen molar-refractivity contribution in [3.05, 3.63) is 47.5 Å². The van der Waals surface area contributed by atoms with Crippen molar-refractivity contribution < 1.29 is 19.5 Å². The Kier molecular flexibility index (Phi) is 4.34. The predicted molar refractivity (Wildman–Crippen MR) is 88.9 cm³/mol. The van der Waals surface area contributed by atoms with Crippen LogP contribution in [0, 0.1) is 0 Å². The van der Waals surface area contributed by atoms with Crippen molar-refractivity contribution in [1.82, 2.24) is 4.90 Å². The van der Waals surface area contributed by atoms with E-state index in [0.717, 1.165) is 10.8 Å². The van der Waals surface area contributed by atoms with E-state index in [9.17, 15) is 14.4 Å². The molecule has 1 aliphatic rings. The number of nitrogens with zero attached hydrogens (tertiary/aromatic N) is 1. The first kappa shape index (κ1) is 15.6. The van der Waals surface area contributed by atoms with Crippen LogP contribution >= 0.6 is 11.8 Å². The summed E-state index contributed by atoms with van der Waals surface area (Å²) >= 11 is 1.43. The van der Waals surface area contributed by atoms with Crippen LogP contribution < -0.4 is 0 Å². The molecule has 0 fully saturated rings. The smallest absolute Gasteiger partial charge is 0.304 e. The molecular formula is C17H15NO4S. The monoisotopic (exact) mass is 329 g/mol. The highest BCUT2D eigenvalue weighted by molar-refractivity contribution is 7.99. The zero-order valence-corrected chi connectivity index (χ0v) is 13.1. The van der Waals surface area contributed by atoms with Crippen LogP contribution in [0.5, 0.6) is 0 Å². The van der Waals surface area contributed by atoms with Gasteiger partial charge < -0.3 is 5.11 Å². The number of rotatable bonds is 6. The average Bonchev–Trinajstić information content (AvgIpc) is 2.54. The molecule has 0 radical (unpaired) electrons. The number of carboxylic acid groups (broad SMARTS) is 1. The zero-order valence-electron chi connectivity index (χ0n) is 12.3. The number of thioether (sulfide) groups is 1. The molecule has 0 aromatic heterocycles. The SMILES string of the molecule is O=C(O)CCSCCN1C(=O)c2cccc3cccc(c23)C1=O. The molecule has 0 bridgehead atoms. The third-order valence-electron chi connectivity index (χ3n) is 3.78. The van der Waals surface area contributed by atoms with Gasteiger partial charge in [0.25, 0.3) is 11.8 Å². The summed E-state index contributed by atoms with van der Waals surface area (Å²) in [4.78, 5) is 36.9. The Bertz CT molecular complexity index is 752. The first-order valence-corrected chi connectivity index (χ1v) is 8.42. The third-order valence-corrected chi connectivity index (χ3v) is 4.74. The van der Waals surface area contributed by atoms with Crippen LogP contribution in [0.25, 0.3) is 10.8 Å². The van der Waals surface area contributed by atoms with Crippen LogP contribution in [0.1, 0.15) is 27.1 Å². The molecule has 6 heteroatoms. The number of carboxylic acids is 1. The summed E-state index contributed by atoms with van der Waals surface area (Å²) in [6.07, 6.45) is 0.0781. The van der Waals surface area contributed by atoms with Crippen LogP contribution in [-0.2, 0) is 4.79 Å². The predicted octanol–water partition coefficient (Wildman–Crippen LogP) is 2.64. The number of carbonyl (C=O) groups is 3. The lowest BCUT2D eigenvalue weighted by Gasteiger charge is -2.27. The summed E-state index contributed by atoms with van der Waals surface area (Å²) in [5.41, 5.74) is 1.10. The summed E-state index contributed by atoms with van der Waals surface area (Å²) in [5.74, 6) is -0.403. The minimum absolute atomic E-state index is 0.0781. The lowest BCUT2D eigenvalue weighted by atomic mass is 9.94.